The molecule has 2 saturated carbocycles. The quantitative estimate of drug-likeness (QED) is 0.223. The zero-order valence-corrected chi connectivity index (χ0v) is 19.7. The first-order chi connectivity index (χ1) is 16.0. The van der Waals surface area contributed by atoms with Gasteiger partial charge >= 0.3 is 0 Å². The Balaban J connectivity index is 1.29. The number of hydrazone groups is 1. The molecule has 2 aromatic heterocycles. The number of H-pyrrole nitrogens is 1. The van der Waals surface area contributed by atoms with E-state index < -0.39 is 0 Å². The molecule has 1 aromatic carbocycles. The lowest BCUT2D eigenvalue weighted by Gasteiger charge is -2.60. The zero-order chi connectivity index (χ0) is 22.7. The molecule has 4 fully saturated rings. The molecule has 4 heterocycles. The fraction of sp³-hybridized carbons (Fsp3) is 0.462. The van der Waals surface area contributed by atoms with Crippen LogP contribution in [-0.2, 0) is 4.79 Å². The molecule has 1 amide bonds. The number of carbonyl (C=O) groups is 1. The highest BCUT2D eigenvalue weighted by atomic mass is 32.1. The first kappa shape index (κ1) is 20.8. The summed E-state index contributed by atoms with van der Waals surface area (Å²) in [7, 11) is 0. The van der Waals surface area contributed by atoms with Crippen LogP contribution in [0.4, 0.5) is 0 Å². The third-order valence-corrected chi connectivity index (χ3v) is 9.28. The number of fused-ring (bicyclic) bond motifs is 1. The van der Waals surface area contributed by atoms with Crippen molar-refractivity contribution in [2.45, 2.75) is 57.0 Å². The average molecular weight is 462 g/mol. The average Bonchev–Trinajstić information content (AvgIpc) is 3.48. The monoisotopic (exact) mass is 461 g/mol. The van der Waals surface area contributed by atoms with Crippen LogP contribution < -0.4 is 11.6 Å². The largest absolute Gasteiger partial charge is 0.385 e. The maximum absolute atomic E-state index is 13.8. The Morgan fingerprint density at radius 2 is 2.12 bits per heavy atom. The summed E-state index contributed by atoms with van der Waals surface area (Å²) in [5.41, 5.74) is 9.82. The van der Waals surface area contributed by atoms with Gasteiger partial charge < -0.3 is 21.5 Å². The van der Waals surface area contributed by atoms with Gasteiger partial charge in [-0.25, -0.2) is 0 Å². The smallest absolute Gasteiger partial charge is 0.223 e. The van der Waals surface area contributed by atoms with Gasteiger partial charge in [0.25, 0.3) is 0 Å². The molecule has 2 saturated heterocycles. The minimum absolute atomic E-state index is 0.112. The van der Waals surface area contributed by atoms with E-state index in [-0.39, 0.29) is 23.8 Å². The second-order valence-electron chi connectivity index (χ2n) is 10.2. The Morgan fingerprint density at radius 1 is 1.24 bits per heavy atom. The van der Waals surface area contributed by atoms with Crippen molar-refractivity contribution in [3.05, 3.63) is 47.5 Å². The molecule has 7 rings (SSSR count). The van der Waals surface area contributed by atoms with Crippen LogP contribution in [0.15, 0.2) is 47.0 Å². The summed E-state index contributed by atoms with van der Waals surface area (Å²) >= 11 is 1.75. The number of hydrogen-bond donors (Lipinski definition) is 3. The second-order valence-corrected chi connectivity index (χ2v) is 11.2. The standard InChI is InChI=1S/C26H31N5OS/c1-14(19-13-29-20-5-2-4-18(25(19)20)22-6-3-7-33-22)8-23(32)31-17-10-15-9-16(12-17)24(21(31)11-15)26(27)30-28/h2-7,13-17,21,24,29H,8-12,28H2,1H3,(H2,27,30). The van der Waals surface area contributed by atoms with E-state index in [2.05, 4.69) is 63.8 Å². The normalized spacial score (nSPS) is 29.7. The highest BCUT2D eigenvalue weighted by Gasteiger charge is 2.55. The number of nitrogens with two attached hydrogens (primary N) is 2. The Hall–Kier alpha value is -2.80. The summed E-state index contributed by atoms with van der Waals surface area (Å²) in [6, 6.07) is 11.1. The minimum atomic E-state index is 0.112. The molecular weight excluding hydrogens is 430 g/mol. The van der Waals surface area contributed by atoms with Crippen LogP contribution in [0.1, 0.15) is 50.5 Å². The van der Waals surface area contributed by atoms with Gasteiger partial charge in [0.05, 0.1) is 0 Å². The van der Waals surface area contributed by atoms with E-state index in [1.54, 1.807) is 11.3 Å². The first-order valence-corrected chi connectivity index (χ1v) is 12.9. The fourth-order valence-electron chi connectivity index (χ4n) is 7.15. The molecule has 3 aromatic rings. The molecule has 6 nitrogen and oxygen atoms in total. The van der Waals surface area contributed by atoms with Gasteiger partial charge in [0, 0.05) is 52.0 Å². The predicted molar refractivity (Wildman–Crippen MR) is 134 cm³/mol. The number of nitrogens with zero attached hydrogens (tertiary/aromatic N) is 2. The summed E-state index contributed by atoms with van der Waals surface area (Å²) in [6.45, 7) is 2.18. The number of carbonyl (C=O) groups excluding carboxylic acids is 1. The minimum Gasteiger partial charge on any atom is -0.385 e. The molecular formula is C26H31N5OS. The molecule has 6 atom stereocenters. The molecule has 0 radical (unpaired) electrons. The molecule has 6 unspecified atom stereocenters. The van der Waals surface area contributed by atoms with Crippen molar-refractivity contribution < 1.29 is 4.79 Å². The summed E-state index contributed by atoms with van der Waals surface area (Å²) in [4.78, 5) is 20.6. The van der Waals surface area contributed by atoms with Gasteiger partial charge in [-0.05, 0) is 66.5 Å². The fourth-order valence-corrected chi connectivity index (χ4v) is 7.91. The highest BCUT2D eigenvalue weighted by Crippen LogP contribution is 2.52. The summed E-state index contributed by atoms with van der Waals surface area (Å²) in [5, 5.41) is 7.20. The highest BCUT2D eigenvalue weighted by molar-refractivity contribution is 7.13. The number of rotatable bonds is 5. The summed E-state index contributed by atoms with van der Waals surface area (Å²) in [5.74, 6) is 7.80. The number of aromatic amines is 1. The van der Waals surface area contributed by atoms with Gasteiger partial charge in [-0.1, -0.05) is 25.1 Å². The number of nitrogens with one attached hydrogen (secondary N) is 1. The van der Waals surface area contributed by atoms with Crippen molar-refractivity contribution in [2.24, 2.45) is 34.4 Å². The molecule has 172 valence electrons. The summed E-state index contributed by atoms with van der Waals surface area (Å²) in [6.07, 6.45) is 6.99. The van der Waals surface area contributed by atoms with E-state index in [0.717, 1.165) is 24.8 Å². The number of amidine groups is 1. The lowest BCUT2D eigenvalue weighted by molar-refractivity contribution is -0.153. The van der Waals surface area contributed by atoms with E-state index in [1.165, 1.54) is 27.8 Å². The van der Waals surface area contributed by atoms with E-state index in [0.29, 0.717) is 30.1 Å². The van der Waals surface area contributed by atoms with Crippen LogP contribution in [0.25, 0.3) is 21.3 Å². The SMILES string of the molecule is CC(CC(=O)N1C2CC3CC(C2)C(/C(N)=N/N)C1C3)c1c[nH]c2cccc(-c3cccs3)c12. The Labute approximate surface area is 198 Å². The van der Waals surface area contributed by atoms with E-state index in [1.807, 2.05) is 0 Å². The van der Waals surface area contributed by atoms with Crippen molar-refractivity contribution >= 4 is 34.0 Å². The van der Waals surface area contributed by atoms with Crippen LogP contribution in [0.2, 0.25) is 0 Å². The van der Waals surface area contributed by atoms with Gasteiger partial charge in [-0.3, -0.25) is 4.79 Å². The molecule has 4 bridgehead atoms. The van der Waals surface area contributed by atoms with E-state index >= 15 is 0 Å². The number of hydrogen-bond acceptors (Lipinski definition) is 4. The predicted octanol–water partition coefficient (Wildman–Crippen LogP) is 4.64. The molecule has 7 heteroatoms. The number of piperidine rings is 2. The van der Waals surface area contributed by atoms with Crippen LogP contribution in [0.5, 0.6) is 0 Å². The number of benzene rings is 1. The van der Waals surface area contributed by atoms with Crippen molar-refractivity contribution in [1.82, 2.24) is 9.88 Å². The molecule has 0 spiro atoms. The van der Waals surface area contributed by atoms with Gasteiger partial charge in [0.15, 0.2) is 0 Å². The van der Waals surface area contributed by atoms with E-state index in [9.17, 15) is 4.79 Å². The number of amides is 1. The Bertz CT molecular complexity index is 1210. The third kappa shape index (κ3) is 3.28. The van der Waals surface area contributed by atoms with Crippen molar-refractivity contribution in [3.8, 4) is 10.4 Å². The maximum Gasteiger partial charge on any atom is 0.223 e. The Morgan fingerprint density at radius 3 is 2.91 bits per heavy atom. The lowest BCUT2D eigenvalue weighted by Crippen LogP contribution is -2.66. The van der Waals surface area contributed by atoms with Crippen LogP contribution in [0.3, 0.4) is 0 Å². The van der Waals surface area contributed by atoms with E-state index in [4.69, 9.17) is 11.6 Å². The number of aromatic nitrogens is 1. The van der Waals surface area contributed by atoms with Crippen molar-refractivity contribution in [2.75, 3.05) is 0 Å². The topological polar surface area (TPSA) is 100 Å². The second kappa shape index (κ2) is 7.90. The molecule has 33 heavy (non-hydrogen) atoms. The van der Waals surface area contributed by atoms with Crippen LogP contribution in [0, 0.1) is 17.8 Å². The first-order valence-electron chi connectivity index (χ1n) is 12.0. The molecule has 2 aliphatic heterocycles. The maximum atomic E-state index is 13.8. The molecule has 2 aliphatic carbocycles. The van der Waals surface area contributed by atoms with Crippen molar-refractivity contribution in [3.63, 3.8) is 0 Å². The van der Waals surface area contributed by atoms with Gasteiger partial charge in [-0.2, -0.15) is 5.10 Å². The lowest BCUT2D eigenvalue weighted by atomic mass is 9.58. The third-order valence-electron chi connectivity index (χ3n) is 8.38. The zero-order valence-electron chi connectivity index (χ0n) is 18.9. The Kier molecular flexibility index (Phi) is 4.98. The summed E-state index contributed by atoms with van der Waals surface area (Å²) < 4.78 is 0. The number of thiophene rings is 1. The van der Waals surface area contributed by atoms with Gasteiger partial charge in [0.1, 0.15) is 5.84 Å². The van der Waals surface area contributed by atoms with Crippen LogP contribution >= 0.6 is 11.3 Å². The molecule has 5 N–H and O–H groups in total. The van der Waals surface area contributed by atoms with Crippen LogP contribution in [-0.4, -0.2) is 33.7 Å². The van der Waals surface area contributed by atoms with Crippen molar-refractivity contribution in [1.29, 1.82) is 0 Å². The van der Waals surface area contributed by atoms with Gasteiger partial charge in [-0.15, -0.1) is 11.3 Å². The molecule has 4 aliphatic rings. The van der Waals surface area contributed by atoms with Gasteiger partial charge in [0.2, 0.25) is 5.91 Å².